The molecule has 0 saturated heterocycles. The number of halogens is 1. The molecule has 1 atom stereocenters. The molecule has 0 aliphatic carbocycles. The summed E-state index contributed by atoms with van der Waals surface area (Å²) < 4.78 is 13.2. The van der Waals surface area contributed by atoms with E-state index in [1.54, 1.807) is 17.4 Å². The monoisotopic (exact) mass is 250 g/mol. The fourth-order valence-electron chi connectivity index (χ4n) is 1.86. The number of nitrogens with two attached hydrogens (primary N) is 1. The van der Waals surface area contributed by atoms with Crippen molar-refractivity contribution in [3.8, 4) is 0 Å². The zero-order valence-electron chi connectivity index (χ0n) is 9.64. The first-order valence-corrected chi connectivity index (χ1v) is 6.37. The van der Waals surface area contributed by atoms with Crippen LogP contribution in [0.1, 0.15) is 11.6 Å². The summed E-state index contributed by atoms with van der Waals surface area (Å²) in [6.45, 7) is 0.504. The van der Waals surface area contributed by atoms with Crippen molar-refractivity contribution >= 4 is 17.0 Å². The molecule has 2 N–H and O–H groups in total. The highest BCUT2D eigenvalue weighted by Gasteiger charge is 2.16. The Morgan fingerprint density at radius 3 is 2.82 bits per heavy atom. The first-order valence-electron chi connectivity index (χ1n) is 5.43. The molecule has 0 saturated carbocycles. The average molecular weight is 250 g/mol. The van der Waals surface area contributed by atoms with Crippen LogP contribution < -0.4 is 10.6 Å². The molecule has 1 unspecified atom stereocenters. The Balaban J connectivity index is 2.26. The summed E-state index contributed by atoms with van der Waals surface area (Å²) in [4.78, 5) is 2.01. The molecule has 90 valence electrons. The third-order valence-corrected chi connectivity index (χ3v) is 3.54. The van der Waals surface area contributed by atoms with E-state index < -0.39 is 0 Å². The van der Waals surface area contributed by atoms with Gasteiger partial charge in [0, 0.05) is 19.3 Å². The lowest BCUT2D eigenvalue weighted by molar-refractivity contribution is 0.623. The number of hydrogen-bond donors (Lipinski definition) is 1. The number of thiophene rings is 1. The van der Waals surface area contributed by atoms with Gasteiger partial charge in [-0.1, -0.05) is 6.07 Å². The Morgan fingerprint density at radius 2 is 2.24 bits per heavy atom. The van der Waals surface area contributed by atoms with Crippen LogP contribution in [0, 0.1) is 5.82 Å². The topological polar surface area (TPSA) is 29.3 Å². The van der Waals surface area contributed by atoms with Gasteiger partial charge in [-0.2, -0.15) is 11.3 Å². The van der Waals surface area contributed by atoms with E-state index >= 15 is 0 Å². The molecule has 0 bridgehead atoms. The van der Waals surface area contributed by atoms with E-state index in [0.29, 0.717) is 6.54 Å². The van der Waals surface area contributed by atoms with Crippen molar-refractivity contribution in [1.82, 2.24) is 0 Å². The van der Waals surface area contributed by atoms with Crippen molar-refractivity contribution in [2.24, 2.45) is 5.73 Å². The van der Waals surface area contributed by atoms with E-state index in [9.17, 15) is 4.39 Å². The number of hydrogen-bond acceptors (Lipinski definition) is 3. The second-order valence-corrected chi connectivity index (χ2v) is 4.68. The highest BCUT2D eigenvalue weighted by molar-refractivity contribution is 7.08. The van der Waals surface area contributed by atoms with Crippen molar-refractivity contribution in [3.63, 3.8) is 0 Å². The van der Waals surface area contributed by atoms with Gasteiger partial charge in [-0.25, -0.2) is 4.39 Å². The molecule has 1 aromatic heterocycles. The zero-order chi connectivity index (χ0) is 12.3. The predicted octanol–water partition coefficient (Wildman–Crippen LogP) is 3.02. The summed E-state index contributed by atoms with van der Waals surface area (Å²) in [7, 11) is 1.93. The summed E-state index contributed by atoms with van der Waals surface area (Å²) in [5.74, 6) is -0.226. The first kappa shape index (κ1) is 12.1. The fourth-order valence-corrected chi connectivity index (χ4v) is 2.56. The Morgan fingerprint density at radius 1 is 1.41 bits per heavy atom. The minimum absolute atomic E-state index is 0.0862. The maximum Gasteiger partial charge on any atom is 0.125 e. The summed E-state index contributed by atoms with van der Waals surface area (Å²) in [5, 5.41) is 4.10. The number of nitrogens with zero attached hydrogens (tertiary/aromatic N) is 1. The van der Waals surface area contributed by atoms with Gasteiger partial charge >= 0.3 is 0 Å². The standard InChI is InChI=1S/C13H15FN2S/c1-16(12-4-2-3-11(14)7-12)13(8-15)10-5-6-17-9-10/h2-7,9,13H,8,15H2,1H3. The Bertz CT molecular complexity index is 470. The van der Waals surface area contributed by atoms with Crippen molar-refractivity contribution in [3.05, 3.63) is 52.5 Å². The SMILES string of the molecule is CN(c1cccc(F)c1)C(CN)c1ccsc1. The van der Waals surface area contributed by atoms with Crippen LogP contribution >= 0.6 is 11.3 Å². The molecule has 0 radical (unpaired) electrons. The van der Waals surface area contributed by atoms with Crippen LogP contribution in [0.3, 0.4) is 0 Å². The third kappa shape index (κ3) is 2.65. The quantitative estimate of drug-likeness (QED) is 0.903. The van der Waals surface area contributed by atoms with E-state index in [4.69, 9.17) is 5.73 Å². The lowest BCUT2D eigenvalue weighted by atomic mass is 10.1. The molecule has 0 fully saturated rings. The smallest absolute Gasteiger partial charge is 0.125 e. The molecule has 17 heavy (non-hydrogen) atoms. The van der Waals surface area contributed by atoms with Gasteiger partial charge in [-0.05, 0) is 40.6 Å². The number of benzene rings is 1. The van der Waals surface area contributed by atoms with Crippen LogP contribution in [-0.2, 0) is 0 Å². The highest BCUT2D eigenvalue weighted by Crippen LogP contribution is 2.26. The summed E-state index contributed by atoms with van der Waals surface area (Å²) >= 11 is 1.64. The molecule has 0 amide bonds. The van der Waals surface area contributed by atoms with Gasteiger partial charge < -0.3 is 10.6 Å². The van der Waals surface area contributed by atoms with Gasteiger partial charge in [-0.15, -0.1) is 0 Å². The second-order valence-electron chi connectivity index (χ2n) is 3.90. The van der Waals surface area contributed by atoms with Gasteiger partial charge in [-0.3, -0.25) is 0 Å². The molecule has 1 heterocycles. The largest absolute Gasteiger partial charge is 0.366 e. The lowest BCUT2D eigenvalue weighted by Crippen LogP contribution is -2.30. The van der Waals surface area contributed by atoms with Gasteiger partial charge in [0.15, 0.2) is 0 Å². The zero-order valence-corrected chi connectivity index (χ0v) is 10.5. The van der Waals surface area contributed by atoms with Crippen molar-refractivity contribution in [1.29, 1.82) is 0 Å². The fraction of sp³-hybridized carbons (Fsp3) is 0.231. The van der Waals surface area contributed by atoms with E-state index in [1.807, 2.05) is 23.4 Å². The molecule has 0 spiro atoms. The van der Waals surface area contributed by atoms with Crippen LogP contribution in [0.25, 0.3) is 0 Å². The second kappa shape index (κ2) is 5.29. The highest BCUT2D eigenvalue weighted by atomic mass is 32.1. The molecule has 2 nitrogen and oxygen atoms in total. The molecule has 4 heteroatoms. The van der Waals surface area contributed by atoms with Crippen molar-refractivity contribution < 1.29 is 4.39 Å². The van der Waals surface area contributed by atoms with E-state index in [0.717, 1.165) is 5.69 Å². The molecule has 0 aliphatic rings. The summed E-state index contributed by atoms with van der Waals surface area (Å²) in [5.41, 5.74) is 7.82. The van der Waals surface area contributed by atoms with E-state index in [2.05, 4.69) is 11.4 Å². The summed E-state index contributed by atoms with van der Waals surface area (Å²) in [6, 6.07) is 8.70. The first-order chi connectivity index (χ1) is 8.22. The maximum absolute atomic E-state index is 13.2. The average Bonchev–Trinajstić information content (AvgIpc) is 2.83. The minimum Gasteiger partial charge on any atom is -0.366 e. The number of likely N-dealkylation sites (N-methyl/N-ethyl adjacent to an activating group) is 1. The molecule has 1 aromatic carbocycles. The third-order valence-electron chi connectivity index (χ3n) is 2.83. The molecule has 2 aromatic rings. The number of rotatable bonds is 4. The Labute approximate surface area is 104 Å². The van der Waals surface area contributed by atoms with E-state index in [-0.39, 0.29) is 11.9 Å². The Kier molecular flexibility index (Phi) is 3.76. The van der Waals surface area contributed by atoms with E-state index in [1.165, 1.54) is 17.7 Å². The van der Waals surface area contributed by atoms with Crippen LogP contribution in [0.15, 0.2) is 41.1 Å². The van der Waals surface area contributed by atoms with Crippen LogP contribution in [-0.4, -0.2) is 13.6 Å². The molecular formula is C13H15FN2S. The predicted molar refractivity (Wildman–Crippen MR) is 70.9 cm³/mol. The normalized spacial score (nSPS) is 12.4. The Hall–Kier alpha value is -1.39. The lowest BCUT2D eigenvalue weighted by Gasteiger charge is -2.28. The molecule has 0 aliphatic heterocycles. The van der Waals surface area contributed by atoms with Crippen LogP contribution in [0.2, 0.25) is 0 Å². The van der Waals surface area contributed by atoms with Crippen molar-refractivity contribution in [2.45, 2.75) is 6.04 Å². The van der Waals surface area contributed by atoms with Crippen LogP contribution in [0.4, 0.5) is 10.1 Å². The molecular weight excluding hydrogens is 235 g/mol. The minimum atomic E-state index is -0.226. The maximum atomic E-state index is 13.2. The van der Waals surface area contributed by atoms with Gasteiger partial charge in [0.05, 0.1) is 6.04 Å². The van der Waals surface area contributed by atoms with Gasteiger partial charge in [0.2, 0.25) is 0 Å². The van der Waals surface area contributed by atoms with Crippen LogP contribution in [0.5, 0.6) is 0 Å². The van der Waals surface area contributed by atoms with Crippen molar-refractivity contribution in [2.75, 3.05) is 18.5 Å². The van der Waals surface area contributed by atoms with Gasteiger partial charge in [0.25, 0.3) is 0 Å². The van der Waals surface area contributed by atoms with Gasteiger partial charge in [0.1, 0.15) is 5.82 Å². The summed E-state index contributed by atoms with van der Waals surface area (Å²) in [6.07, 6.45) is 0. The molecule has 2 rings (SSSR count). The number of anilines is 1.